The molecule has 0 heterocycles. The van der Waals surface area contributed by atoms with Crippen LogP contribution in [0.1, 0.15) is 20.8 Å². The number of carbonyl (C=O) groups excluding carboxylic acids is 1. The summed E-state index contributed by atoms with van der Waals surface area (Å²) in [7, 11) is 0. The van der Waals surface area contributed by atoms with Crippen molar-refractivity contribution < 1.29 is 13.6 Å². The lowest BCUT2D eigenvalue weighted by Crippen LogP contribution is -2.46. The third kappa shape index (κ3) is 7.27. The second-order valence-corrected chi connectivity index (χ2v) is 3.71. The predicted molar refractivity (Wildman–Crippen MR) is 40.3 cm³/mol. The third-order valence-corrected chi connectivity index (χ3v) is 1.02. The van der Waals surface area contributed by atoms with Crippen LogP contribution in [0.5, 0.6) is 0 Å². The van der Waals surface area contributed by atoms with E-state index in [2.05, 4.69) is 5.32 Å². The maximum atomic E-state index is 10.7. The Bertz CT molecular complexity index is 175. The Kier molecular flexibility index (Phi) is 3.47. The van der Waals surface area contributed by atoms with Crippen LogP contribution in [0.4, 0.5) is 4.79 Å². The van der Waals surface area contributed by atoms with Crippen LogP contribution in [0.25, 0.3) is 0 Å². The quantitative estimate of drug-likeness (QED) is 0.550. The highest BCUT2D eigenvalue weighted by Gasteiger charge is 2.12. The van der Waals surface area contributed by atoms with Crippen LogP contribution in [0, 0.1) is 0 Å². The minimum absolute atomic E-state index is 0.427. The fourth-order valence-electron chi connectivity index (χ4n) is 0.442. The van der Waals surface area contributed by atoms with Gasteiger partial charge in [0, 0.05) is 16.8 Å². The molecule has 1 unspecified atom stereocenters. The average Bonchev–Trinajstić information content (AvgIpc) is 1.53. The molecular formula is C5H11N2O3S-. The summed E-state index contributed by atoms with van der Waals surface area (Å²) < 4.78 is 21.5. The number of nitrogens with one attached hydrogen (secondary N) is 2. The van der Waals surface area contributed by atoms with Crippen LogP contribution in [0.3, 0.4) is 0 Å². The van der Waals surface area contributed by atoms with E-state index in [4.69, 9.17) is 0 Å². The van der Waals surface area contributed by atoms with Crippen LogP contribution >= 0.6 is 0 Å². The molecule has 0 aliphatic heterocycles. The molecule has 6 heteroatoms. The number of rotatable bonds is 1. The molecule has 0 spiro atoms. The van der Waals surface area contributed by atoms with Crippen LogP contribution < -0.4 is 10.0 Å². The van der Waals surface area contributed by atoms with Crippen LogP contribution in [0.2, 0.25) is 0 Å². The number of hydrogen-bond acceptors (Lipinski definition) is 3. The van der Waals surface area contributed by atoms with Gasteiger partial charge in [0.15, 0.2) is 0 Å². The van der Waals surface area contributed by atoms with E-state index in [0.29, 0.717) is 0 Å². The molecule has 0 rings (SSSR count). The van der Waals surface area contributed by atoms with Crippen molar-refractivity contribution in [1.82, 2.24) is 10.0 Å². The van der Waals surface area contributed by atoms with Gasteiger partial charge in [0.2, 0.25) is 0 Å². The largest absolute Gasteiger partial charge is 0.755 e. The second-order valence-electron chi connectivity index (χ2n) is 3.04. The zero-order valence-electron chi connectivity index (χ0n) is 6.63. The average molecular weight is 179 g/mol. The summed E-state index contributed by atoms with van der Waals surface area (Å²) >= 11 is -2.54. The van der Waals surface area contributed by atoms with E-state index in [9.17, 15) is 13.6 Å². The van der Waals surface area contributed by atoms with Gasteiger partial charge < -0.3 is 9.87 Å². The Labute approximate surface area is 68.0 Å². The summed E-state index contributed by atoms with van der Waals surface area (Å²) in [5.74, 6) is 0. The van der Waals surface area contributed by atoms with E-state index in [1.807, 2.05) is 0 Å². The van der Waals surface area contributed by atoms with E-state index < -0.39 is 22.8 Å². The zero-order chi connectivity index (χ0) is 9.07. The van der Waals surface area contributed by atoms with Crippen molar-refractivity contribution in [2.75, 3.05) is 0 Å². The van der Waals surface area contributed by atoms with Crippen molar-refractivity contribution in [1.29, 1.82) is 0 Å². The van der Waals surface area contributed by atoms with Gasteiger partial charge in [-0.3, -0.25) is 8.93 Å². The van der Waals surface area contributed by atoms with Gasteiger partial charge in [-0.05, 0) is 20.8 Å². The molecule has 0 bridgehead atoms. The Hall–Kier alpha value is -0.620. The van der Waals surface area contributed by atoms with E-state index >= 15 is 0 Å². The SMILES string of the molecule is CC(C)(C)NC(=O)NS(=O)[O-]. The lowest BCUT2D eigenvalue weighted by atomic mass is 10.1. The fraction of sp³-hybridized carbons (Fsp3) is 0.800. The number of carbonyl (C=O) groups is 1. The predicted octanol–water partition coefficient (Wildman–Crippen LogP) is -0.122. The molecule has 0 fully saturated rings. The van der Waals surface area contributed by atoms with Gasteiger partial charge in [-0.15, -0.1) is 0 Å². The molecule has 0 aliphatic rings. The van der Waals surface area contributed by atoms with Crippen LogP contribution in [0.15, 0.2) is 0 Å². The molecule has 2 N–H and O–H groups in total. The van der Waals surface area contributed by atoms with Crippen LogP contribution in [-0.4, -0.2) is 20.3 Å². The summed E-state index contributed by atoms with van der Waals surface area (Å²) in [6.07, 6.45) is 0. The maximum absolute atomic E-state index is 10.7. The Morgan fingerprint density at radius 3 is 2.18 bits per heavy atom. The number of hydrogen-bond donors (Lipinski definition) is 2. The highest BCUT2D eigenvalue weighted by atomic mass is 32.2. The fourth-order valence-corrected chi connectivity index (χ4v) is 0.644. The maximum Gasteiger partial charge on any atom is 0.326 e. The number of amides is 2. The highest BCUT2D eigenvalue weighted by Crippen LogP contribution is 1.96. The molecular weight excluding hydrogens is 168 g/mol. The Morgan fingerprint density at radius 1 is 1.45 bits per heavy atom. The van der Waals surface area contributed by atoms with Crippen LogP contribution in [-0.2, 0) is 11.3 Å². The molecule has 0 aromatic rings. The van der Waals surface area contributed by atoms with Gasteiger partial charge in [0.1, 0.15) is 0 Å². The standard InChI is InChI=1S/C5H12N2O3S/c1-5(2,3)6-4(8)7-11(9)10/h1-3H3,(H,9,10)(H2,6,7,8)/p-1. The second kappa shape index (κ2) is 3.68. The molecule has 0 radical (unpaired) electrons. The molecule has 0 saturated heterocycles. The van der Waals surface area contributed by atoms with E-state index in [0.717, 1.165) is 0 Å². The van der Waals surface area contributed by atoms with Crippen molar-refractivity contribution in [3.63, 3.8) is 0 Å². The summed E-state index contributed by atoms with van der Waals surface area (Å²) in [6, 6.07) is -0.717. The van der Waals surface area contributed by atoms with Gasteiger partial charge >= 0.3 is 6.03 Å². The summed E-state index contributed by atoms with van der Waals surface area (Å²) in [5.41, 5.74) is -0.427. The van der Waals surface area contributed by atoms with E-state index in [-0.39, 0.29) is 0 Å². The lowest BCUT2D eigenvalue weighted by molar-refractivity contribution is 0.237. The molecule has 0 aromatic heterocycles. The highest BCUT2D eigenvalue weighted by molar-refractivity contribution is 7.77. The summed E-state index contributed by atoms with van der Waals surface area (Å²) in [5, 5.41) is 2.41. The van der Waals surface area contributed by atoms with Crippen molar-refractivity contribution in [3.05, 3.63) is 0 Å². The van der Waals surface area contributed by atoms with Crippen molar-refractivity contribution in [2.45, 2.75) is 26.3 Å². The van der Waals surface area contributed by atoms with Gasteiger partial charge in [-0.2, -0.15) is 0 Å². The first-order valence-corrected chi connectivity index (χ1v) is 4.07. The van der Waals surface area contributed by atoms with Crippen molar-refractivity contribution in [3.8, 4) is 0 Å². The first-order chi connectivity index (χ1) is 4.81. The molecule has 0 aliphatic carbocycles. The Morgan fingerprint density at radius 2 is 1.91 bits per heavy atom. The minimum Gasteiger partial charge on any atom is -0.755 e. The monoisotopic (exact) mass is 179 g/mol. The molecule has 0 aromatic carbocycles. The van der Waals surface area contributed by atoms with Gasteiger partial charge in [-0.25, -0.2) is 4.79 Å². The molecule has 1 atom stereocenters. The summed E-state index contributed by atoms with van der Waals surface area (Å²) in [6.45, 7) is 5.25. The van der Waals surface area contributed by atoms with E-state index in [1.165, 1.54) is 0 Å². The topological polar surface area (TPSA) is 81.3 Å². The summed E-state index contributed by atoms with van der Waals surface area (Å²) in [4.78, 5) is 10.7. The molecule has 11 heavy (non-hydrogen) atoms. The van der Waals surface area contributed by atoms with E-state index in [1.54, 1.807) is 25.5 Å². The smallest absolute Gasteiger partial charge is 0.326 e. The molecule has 66 valence electrons. The molecule has 5 nitrogen and oxygen atoms in total. The first kappa shape index (κ1) is 10.4. The molecule has 0 saturated carbocycles. The van der Waals surface area contributed by atoms with Crippen molar-refractivity contribution in [2.24, 2.45) is 0 Å². The third-order valence-electron chi connectivity index (χ3n) is 0.665. The molecule has 2 amide bonds. The minimum atomic E-state index is -2.54. The van der Waals surface area contributed by atoms with Crippen molar-refractivity contribution >= 4 is 17.3 Å². The van der Waals surface area contributed by atoms with Gasteiger partial charge in [-0.1, -0.05) is 0 Å². The van der Waals surface area contributed by atoms with Gasteiger partial charge in [0.25, 0.3) is 0 Å². The zero-order valence-corrected chi connectivity index (χ0v) is 7.45. The normalized spacial score (nSPS) is 13.8. The van der Waals surface area contributed by atoms with Gasteiger partial charge in [0.05, 0.1) is 0 Å². The lowest BCUT2D eigenvalue weighted by Gasteiger charge is -2.20. The Balaban J connectivity index is 3.80. The number of urea groups is 1. The first-order valence-electron chi connectivity index (χ1n) is 2.99.